The second-order valence-corrected chi connectivity index (χ2v) is 5.87. The summed E-state index contributed by atoms with van der Waals surface area (Å²) < 4.78 is 1.86. The van der Waals surface area contributed by atoms with E-state index in [1.54, 1.807) is 24.3 Å². The van der Waals surface area contributed by atoms with Crippen LogP contribution in [0.5, 0.6) is 0 Å². The second kappa shape index (κ2) is 7.36. The van der Waals surface area contributed by atoms with Gasteiger partial charge in [-0.3, -0.25) is 9.59 Å². The van der Waals surface area contributed by atoms with Crippen LogP contribution in [0.15, 0.2) is 48.7 Å². The number of nitrogens with zero attached hydrogens (tertiary/aromatic N) is 2. The monoisotopic (exact) mass is 356 g/mol. The number of aryl methyl sites for hydroxylation is 1. The number of hydrogen-bond donors (Lipinski definition) is 2. The van der Waals surface area contributed by atoms with Crippen molar-refractivity contribution in [2.24, 2.45) is 0 Å². The number of hydrogen-bond acceptors (Lipinski definition) is 3. The lowest BCUT2D eigenvalue weighted by atomic mass is 10.2. The standard InChI is InChI=1S/C18H17ClN4O2/c1-12-16(22-15-8-4-5-11-23(12)15)18(25)21-10-9-20-17(24)13-6-2-3-7-14(13)19/h2-8,11H,9-10H2,1H3,(H,20,24)(H,21,25). The van der Waals surface area contributed by atoms with E-state index in [1.807, 2.05) is 35.7 Å². The molecule has 0 fully saturated rings. The summed E-state index contributed by atoms with van der Waals surface area (Å²) in [5.74, 6) is -0.544. The summed E-state index contributed by atoms with van der Waals surface area (Å²) in [4.78, 5) is 28.6. The SMILES string of the molecule is Cc1c(C(=O)NCCNC(=O)c2ccccc2Cl)nc2ccccn12. The first-order valence-electron chi connectivity index (χ1n) is 7.82. The molecule has 3 aromatic rings. The largest absolute Gasteiger partial charge is 0.350 e. The highest BCUT2D eigenvalue weighted by Crippen LogP contribution is 2.14. The molecule has 0 saturated carbocycles. The number of pyridine rings is 1. The van der Waals surface area contributed by atoms with Crippen LogP contribution < -0.4 is 10.6 Å². The third-order valence-corrected chi connectivity index (χ3v) is 4.13. The van der Waals surface area contributed by atoms with Crippen LogP contribution in [0.1, 0.15) is 26.5 Å². The van der Waals surface area contributed by atoms with Gasteiger partial charge in [0.25, 0.3) is 11.8 Å². The highest BCUT2D eigenvalue weighted by atomic mass is 35.5. The predicted molar refractivity (Wildman–Crippen MR) is 96.0 cm³/mol. The molecular weight excluding hydrogens is 340 g/mol. The Morgan fingerprint density at radius 1 is 1.04 bits per heavy atom. The van der Waals surface area contributed by atoms with Gasteiger partial charge in [-0.15, -0.1) is 0 Å². The van der Waals surface area contributed by atoms with Crippen molar-refractivity contribution in [3.05, 3.63) is 70.6 Å². The van der Waals surface area contributed by atoms with E-state index >= 15 is 0 Å². The maximum atomic E-state index is 12.3. The molecule has 128 valence electrons. The Labute approximate surface area is 149 Å². The highest BCUT2D eigenvalue weighted by molar-refractivity contribution is 6.33. The molecule has 2 N–H and O–H groups in total. The fourth-order valence-electron chi connectivity index (χ4n) is 2.51. The third-order valence-electron chi connectivity index (χ3n) is 3.80. The summed E-state index contributed by atoms with van der Waals surface area (Å²) in [7, 11) is 0. The Morgan fingerprint density at radius 3 is 2.44 bits per heavy atom. The molecule has 0 aliphatic heterocycles. The van der Waals surface area contributed by atoms with Crippen LogP contribution in [-0.2, 0) is 0 Å². The molecule has 3 rings (SSSR count). The number of benzene rings is 1. The van der Waals surface area contributed by atoms with E-state index in [0.29, 0.717) is 29.4 Å². The zero-order chi connectivity index (χ0) is 17.8. The van der Waals surface area contributed by atoms with E-state index in [9.17, 15) is 9.59 Å². The molecule has 6 nitrogen and oxygen atoms in total. The first kappa shape index (κ1) is 17.0. The van der Waals surface area contributed by atoms with Crippen molar-refractivity contribution in [2.45, 2.75) is 6.92 Å². The van der Waals surface area contributed by atoms with E-state index in [0.717, 1.165) is 11.3 Å². The molecule has 2 aromatic heterocycles. The minimum atomic E-state index is -0.274. The van der Waals surface area contributed by atoms with Gasteiger partial charge in [-0.1, -0.05) is 29.8 Å². The van der Waals surface area contributed by atoms with Crippen molar-refractivity contribution in [1.29, 1.82) is 0 Å². The topological polar surface area (TPSA) is 75.5 Å². The number of carbonyl (C=O) groups is 2. The molecule has 2 amide bonds. The van der Waals surface area contributed by atoms with Gasteiger partial charge >= 0.3 is 0 Å². The number of nitrogens with one attached hydrogen (secondary N) is 2. The molecule has 0 aliphatic carbocycles. The maximum absolute atomic E-state index is 12.3. The molecule has 0 aliphatic rings. The summed E-state index contributed by atoms with van der Waals surface area (Å²) >= 11 is 5.98. The lowest BCUT2D eigenvalue weighted by Gasteiger charge is -2.07. The molecule has 0 unspecified atom stereocenters. The quantitative estimate of drug-likeness (QED) is 0.689. The molecule has 0 atom stereocenters. The smallest absolute Gasteiger partial charge is 0.271 e. The summed E-state index contributed by atoms with van der Waals surface area (Å²) in [6.45, 7) is 2.43. The van der Waals surface area contributed by atoms with Gasteiger partial charge in [0.1, 0.15) is 11.3 Å². The van der Waals surface area contributed by atoms with Crippen molar-refractivity contribution < 1.29 is 9.59 Å². The first-order valence-corrected chi connectivity index (χ1v) is 8.20. The average molecular weight is 357 g/mol. The van der Waals surface area contributed by atoms with Gasteiger partial charge in [-0.05, 0) is 31.2 Å². The van der Waals surface area contributed by atoms with Crippen molar-refractivity contribution >= 4 is 29.1 Å². The lowest BCUT2D eigenvalue weighted by molar-refractivity contribution is 0.0925. The zero-order valence-electron chi connectivity index (χ0n) is 13.6. The van der Waals surface area contributed by atoms with Gasteiger partial charge in [0.2, 0.25) is 0 Å². The summed E-state index contributed by atoms with van der Waals surface area (Å²) in [5, 5.41) is 5.88. The maximum Gasteiger partial charge on any atom is 0.271 e. The number of amides is 2. The Kier molecular flexibility index (Phi) is 5.00. The summed E-state index contributed by atoms with van der Waals surface area (Å²) in [6, 6.07) is 12.4. The van der Waals surface area contributed by atoms with Crippen LogP contribution in [-0.4, -0.2) is 34.3 Å². The van der Waals surface area contributed by atoms with Crippen LogP contribution in [0.25, 0.3) is 5.65 Å². The van der Waals surface area contributed by atoms with Gasteiger partial charge in [0.15, 0.2) is 0 Å². The Morgan fingerprint density at radius 2 is 1.72 bits per heavy atom. The van der Waals surface area contributed by atoms with Crippen molar-refractivity contribution in [3.8, 4) is 0 Å². The Bertz CT molecular complexity index is 936. The fourth-order valence-corrected chi connectivity index (χ4v) is 2.73. The van der Waals surface area contributed by atoms with Crippen LogP contribution >= 0.6 is 11.6 Å². The first-order chi connectivity index (χ1) is 12.1. The molecule has 2 heterocycles. The minimum Gasteiger partial charge on any atom is -0.350 e. The third kappa shape index (κ3) is 3.64. The highest BCUT2D eigenvalue weighted by Gasteiger charge is 2.15. The Balaban J connectivity index is 1.55. The Hall–Kier alpha value is -2.86. The van der Waals surface area contributed by atoms with Crippen LogP contribution in [0.2, 0.25) is 5.02 Å². The lowest BCUT2D eigenvalue weighted by Crippen LogP contribution is -2.35. The van der Waals surface area contributed by atoms with Crippen LogP contribution in [0.3, 0.4) is 0 Å². The average Bonchev–Trinajstić information content (AvgIpc) is 2.96. The van der Waals surface area contributed by atoms with E-state index in [1.165, 1.54) is 0 Å². The molecule has 0 spiro atoms. The van der Waals surface area contributed by atoms with E-state index in [-0.39, 0.29) is 11.8 Å². The van der Waals surface area contributed by atoms with Crippen LogP contribution in [0, 0.1) is 6.92 Å². The number of aromatic nitrogens is 2. The minimum absolute atomic E-state index is 0.270. The van der Waals surface area contributed by atoms with Gasteiger partial charge in [-0.2, -0.15) is 0 Å². The molecule has 0 radical (unpaired) electrons. The van der Waals surface area contributed by atoms with E-state index in [4.69, 9.17) is 11.6 Å². The molecule has 7 heteroatoms. The normalized spacial score (nSPS) is 10.6. The van der Waals surface area contributed by atoms with E-state index in [2.05, 4.69) is 15.6 Å². The van der Waals surface area contributed by atoms with Gasteiger partial charge < -0.3 is 15.0 Å². The second-order valence-electron chi connectivity index (χ2n) is 5.47. The predicted octanol–water partition coefficient (Wildman–Crippen LogP) is 2.46. The number of carbonyl (C=O) groups excluding carboxylic acids is 2. The van der Waals surface area contributed by atoms with Crippen molar-refractivity contribution in [3.63, 3.8) is 0 Å². The van der Waals surface area contributed by atoms with Gasteiger partial charge in [0.05, 0.1) is 16.3 Å². The number of fused-ring (bicyclic) bond motifs is 1. The number of rotatable bonds is 5. The number of halogens is 1. The van der Waals surface area contributed by atoms with Crippen molar-refractivity contribution in [2.75, 3.05) is 13.1 Å². The van der Waals surface area contributed by atoms with Gasteiger partial charge in [-0.25, -0.2) is 4.98 Å². The van der Waals surface area contributed by atoms with Gasteiger partial charge in [0, 0.05) is 19.3 Å². The molecule has 0 bridgehead atoms. The van der Waals surface area contributed by atoms with E-state index < -0.39 is 0 Å². The van der Waals surface area contributed by atoms with Crippen LogP contribution in [0.4, 0.5) is 0 Å². The number of imidazole rings is 1. The molecular formula is C18H17ClN4O2. The molecule has 25 heavy (non-hydrogen) atoms. The summed E-state index contributed by atoms with van der Waals surface area (Å²) in [6.07, 6.45) is 1.86. The molecule has 0 saturated heterocycles. The van der Waals surface area contributed by atoms with Crippen molar-refractivity contribution in [1.82, 2.24) is 20.0 Å². The fraction of sp³-hybridized carbons (Fsp3) is 0.167. The molecule has 1 aromatic carbocycles. The zero-order valence-corrected chi connectivity index (χ0v) is 14.4. The summed E-state index contributed by atoms with van der Waals surface area (Å²) in [5.41, 5.74) is 2.28.